The van der Waals surface area contributed by atoms with Crippen LogP contribution >= 0.6 is 12.6 Å². The number of benzene rings is 1. The molecule has 1 N–H and O–H groups in total. The maximum Gasteiger partial charge on any atom is 0.119 e. The molecule has 65 valence electrons. The quantitative estimate of drug-likeness (QED) is 0.757. The number of aromatic hydroxyl groups is 1. The smallest absolute Gasteiger partial charge is 0.119 e. The van der Waals surface area contributed by atoms with Crippen LogP contribution in [0.5, 0.6) is 5.75 Å². The number of phenolic OH excluding ortho intramolecular Hbond substituents is 1. The molecular formula is C10H13OS. The van der Waals surface area contributed by atoms with E-state index < -0.39 is 0 Å². The highest BCUT2D eigenvalue weighted by Crippen LogP contribution is 2.31. The molecule has 0 aliphatic rings. The van der Waals surface area contributed by atoms with E-state index in [4.69, 9.17) is 12.6 Å². The van der Waals surface area contributed by atoms with E-state index >= 15 is 0 Å². The third kappa shape index (κ3) is 2.18. The van der Waals surface area contributed by atoms with Gasteiger partial charge in [-0.25, -0.2) is 0 Å². The van der Waals surface area contributed by atoms with Gasteiger partial charge in [-0.3, -0.25) is 0 Å². The van der Waals surface area contributed by atoms with Crippen LogP contribution in [0.2, 0.25) is 0 Å². The van der Waals surface area contributed by atoms with Crippen molar-refractivity contribution in [3.63, 3.8) is 0 Å². The van der Waals surface area contributed by atoms with Gasteiger partial charge in [0.05, 0.1) is 0 Å². The van der Waals surface area contributed by atoms with Crippen molar-refractivity contribution < 1.29 is 5.11 Å². The Morgan fingerprint density at radius 1 is 1.42 bits per heavy atom. The van der Waals surface area contributed by atoms with Gasteiger partial charge in [0.25, 0.3) is 0 Å². The van der Waals surface area contributed by atoms with Crippen LogP contribution in [0.4, 0.5) is 0 Å². The Bertz CT molecular complexity index is 247. The van der Waals surface area contributed by atoms with Gasteiger partial charge in [-0.2, -0.15) is 0 Å². The minimum atomic E-state index is 0.0520. The summed E-state index contributed by atoms with van der Waals surface area (Å²) in [6.45, 7) is 2.10. The van der Waals surface area contributed by atoms with E-state index in [0.717, 1.165) is 18.4 Å². The monoisotopic (exact) mass is 181 g/mol. The molecule has 1 unspecified atom stereocenters. The highest BCUT2D eigenvalue weighted by atomic mass is 32.1. The molecule has 0 aromatic heterocycles. The van der Waals surface area contributed by atoms with Crippen LogP contribution in [0.3, 0.4) is 0 Å². The molecule has 1 atom stereocenters. The normalized spacial score (nSPS) is 12.8. The molecule has 0 heterocycles. The predicted molar refractivity (Wildman–Crippen MR) is 53.3 cm³/mol. The molecular weight excluding hydrogens is 168 g/mol. The summed E-state index contributed by atoms with van der Waals surface area (Å²) in [6, 6.07) is 7.30. The van der Waals surface area contributed by atoms with E-state index in [1.165, 1.54) is 0 Å². The van der Waals surface area contributed by atoms with Crippen LogP contribution in [0.1, 0.15) is 30.6 Å². The largest absolute Gasteiger partial charge is 0.508 e. The second-order valence-corrected chi connectivity index (χ2v) is 3.41. The lowest BCUT2D eigenvalue weighted by molar-refractivity contribution is 0.466. The fraction of sp³-hybridized carbons (Fsp3) is 0.400. The zero-order valence-electron chi connectivity index (χ0n) is 7.16. The minimum Gasteiger partial charge on any atom is -0.508 e. The zero-order chi connectivity index (χ0) is 8.97. The van der Waals surface area contributed by atoms with Crippen molar-refractivity contribution in [3.8, 4) is 5.75 Å². The molecule has 2 heteroatoms. The van der Waals surface area contributed by atoms with E-state index in [0.29, 0.717) is 5.75 Å². The standard InChI is InChI=1S/C10H13OS/c1-2-5-10(12)8-6-3-4-7-9(8)11/h3-4,6-7,10-11H,2,5H2,1H3. The van der Waals surface area contributed by atoms with Crippen LogP contribution in [-0.4, -0.2) is 5.11 Å². The first-order valence-electron chi connectivity index (χ1n) is 4.19. The van der Waals surface area contributed by atoms with Crippen molar-refractivity contribution in [1.82, 2.24) is 0 Å². The molecule has 0 saturated heterocycles. The lowest BCUT2D eigenvalue weighted by Crippen LogP contribution is -1.89. The topological polar surface area (TPSA) is 20.2 Å². The molecule has 0 amide bonds. The summed E-state index contributed by atoms with van der Waals surface area (Å²) in [7, 11) is 0. The van der Waals surface area contributed by atoms with Crippen molar-refractivity contribution in [2.24, 2.45) is 0 Å². The Kier molecular flexibility index (Phi) is 3.48. The van der Waals surface area contributed by atoms with Gasteiger partial charge < -0.3 is 5.11 Å². The summed E-state index contributed by atoms with van der Waals surface area (Å²) in [5.41, 5.74) is 0.884. The SMILES string of the molecule is CCCC([S])c1ccccc1O. The van der Waals surface area contributed by atoms with Gasteiger partial charge in [-0.1, -0.05) is 44.2 Å². The van der Waals surface area contributed by atoms with Crippen LogP contribution in [0, 0.1) is 0 Å². The van der Waals surface area contributed by atoms with Crippen LogP contribution in [-0.2, 0) is 0 Å². The van der Waals surface area contributed by atoms with Gasteiger partial charge in [0, 0.05) is 10.8 Å². The summed E-state index contributed by atoms with van der Waals surface area (Å²) in [4.78, 5) is 0. The summed E-state index contributed by atoms with van der Waals surface area (Å²) < 4.78 is 0. The van der Waals surface area contributed by atoms with Gasteiger partial charge in [-0.05, 0) is 12.5 Å². The van der Waals surface area contributed by atoms with Gasteiger partial charge in [0.2, 0.25) is 0 Å². The molecule has 0 bridgehead atoms. The molecule has 1 rings (SSSR count). The maximum absolute atomic E-state index is 9.44. The van der Waals surface area contributed by atoms with Crippen LogP contribution in [0.25, 0.3) is 0 Å². The number of para-hydroxylation sites is 1. The van der Waals surface area contributed by atoms with Crippen molar-refractivity contribution in [2.45, 2.75) is 25.0 Å². The number of hydrogen-bond donors (Lipinski definition) is 1. The summed E-state index contributed by atoms with van der Waals surface area (Å²) in [5, 5.41) is 9.49. The highest BCUT2D eigenvalue weighted by molar-refractivity contribution is 7.80. The molecule has 0 spiro atoms. The fourth-order valence-electron chi connectivity index (χ4n) is 1.18. The fourth-order valence-corrected chi connectivity index (χ4v) is 1.61. The van der Waals surface area contributed by atoms with Gasteiger partial charge in [0.1, 0.15) is 5.75 Å². The molecule has 0 aliphatic heterocycles. The third-order valence-electron chi connectivity index (χ3n) is 1.83. The van der Waals surface area contributed by atoms with Crippen molar-refractivity contribution in [1.29, 1.82) is 0 Å². The molecule has 12 heavy (non-hydrogen) atoms. The first kappa shape index (κ1) is 9.46. The van der Waals surface area contributed by atoms with E-state index in [1.54, 1.807) is 6.07 Å². The minimum absolute atomic E-state index is 0.0520. The van der Waals surface area contributed by atoms with E-state index in [-0.39, 0.29) is 5.25 Å². The van der Waals surface area contributed by atoms with Crippen LogP contribution in [0.15, 0.2) is 24.3 Å². The molecule has 1 aromatic carbocycles. The highest BCUT2D eigenvalue weighted by Gasteiger charge is 2.09. The molecule has 0 saturated carbocycles. The summed E-state index contributed by atoms with van der Waals surface area (Å²) in [5.74, 6) is 0.325. The Labute approximate surface area is 78.8 Å². The average Bonchev–Trinajstić information content (AvgIpc) is 2.05. The molecule has 0 fully saturated rings. The predicted octanol–water partition coefficient (Wildman–Crippen LogP) is 3.43. The van der Waals surface area contributed by atoms with Crippen LogP contribution < -0.4 is 0 Å². The summed E-state index contributed by atoms with van der Waals surface area (Å²) >= 11 is 5.23. The maximum atomic E-state index is 9.44. The lowest BCUT2D eigenvalue weighted by atomic mass is 10.1. The average molecular weight is 181 g/mol. The Balaban J connectivity index is 2.79. The Morgan fingerprint density at radius 2 is 2.08 bits per heavy atom. The number of phenols is 1. The first-order valence-corrected chi connectivity index (χ1v) is 4.66. The van der Waals surface area contributed by atoms with Crippen molar-refractivity contribution in [3.05, 3.63) is 29.8 Å². The zero-order valence-corrected chi connectivity index (χ0v) is 7.97. The Morgan fingerprint density at radius 3 is 2.67 bits per heavy atom. The van der Waals surface area contributed by atoms with E-state index in [9.17, 15) is 5.11 Å². The second kappa shape index (κ2) is 4.41. The van der Waals surface area contributed by atoms with Gasteiger partial charge in [0.15, 0.2) is 0 Å². The van der Waals surface area contributed by atoms with Crippen molar-refractivity contribution in [2.75, 3.05) is 0 Å². The third-order valence-corrected chi connectivity index (χ3v) is 2.32. The van der Waals surface area contributed by atoms with Gasteiger partial charge >= 0.3 is 0 Å². The summed E-state index contributed by atoms with van der Waals surface area (Å²) in [6.07, 6.45) is 2.01. The second-order valence-electron chi connectivity index (χ2n) is 2.84. The van der Waals surface area contributed by atoms with Gasteiger partial charge in [-0.15, -0.1) is 0 Å². The lowest BCUT2D eigenvalue weighted by Gasteiger charge is -2.09. The Hall–Kier alpha value is -0.630. The number of rotatable bonds is 3. The van der Waals surface area contributed by atoms with Crippen molar-refractivity contribution >= 4 is 12.6 Å². The van der Waals surface area contributed by atoms with E-state index in [1.807, 2.05) is 18.2 Å². The molecule has 1 nitrogen and oxygen atoms in total. The van der Waals surface area contributed by atoms with E-state index in [2.05, 4.69) is 6.92 Å². The molecule has 0 aliphatic carbocycles. The molecule has 1 radical (unpaired) electrons. The molecule has 1 aromatic rings. The first-order chi connectivity index (χ1) is 5.75. The number of hydrogen-bond acceptors (Lipinski definition) is 1.